The SMILES string of the molecule is CCCCC(C)NC1(C)CCC2C3=CCCCC3(C)CCC2C1C. The highest BCUT2D eigenvalue weighted by Crippen LogP contribution is 2.58. The summed E-state index contributed by atoms with van der Waals surface area (Å²) < 4.78 is 0. The first-order chi connectivity index (χ1) is 11.4. The van der Waals surface area contributed by atoms with E-state index in [0.29, 0.717) is 17.0 Å². The molecule has 1 nitrogen and oxygen atoms in total. The topological polar surface area (TPSA) is 12.0 Å². The van der Waals surface area contributed by atoms with Crippen molar-refractivity contribution in [3.63, 3.8) is 0 Å². The molecular weight excluding hydrogens is 290 g/mol. The summed E-state index contributed by atoms with van der Waals surface area (Å²) in [6.07, 6.45) is 16.5. The lowest BCUT2D eigenvalue weighted by Gasteiger charge is -2.56. The van der Waals surface area contributed by atoms with Crippen molar-refractivity contribution in [3.8, 4) is 0 Å². The molecule has 3 rings (SSSR count). The van der Waals surface area contributed by atoms with Crippen molar-refractivity contribution in [1.82, 2.24) is 5.32 Å². The fourth-order valence-corrected chi connectivity index (χ4v) is 6.40. The van der Waals surface area contributed by atoms with Gasteiger partial charge in [-0.15, -0.1) is 0 Å². The average Bonchev–Trinajstić information content (AvgIpc) is 2.55. The number of allylic oxidation sites excluding steroid dienone is 2. The van der Waals surface area contributed by atoms with Gasteiger partial charge in [0.05, 0.1) is 0 Å². The second kappa shape index (κ2) is 7.14. The van der Waals surface area contributed by atoms with E-state index >= 15 is 0 Å². The maximum atomic E-state index is 4.07. The van der Waals surface area contributed by atoms with E-state index in [1.165, 1.54) is 64.2 Å². The Kier molecular flexibility index (Phi) is 5.50. The highest BCUT2D eigenvalue weighted by Gasteiger charge is 2.51. The van der Waals surface area contributed by atoms with E-state index in [0.717, 1.165) is 17.8 Å². The zero-order valence-corrected chi connectivity index (χ0v) is 17.0. The second-order valence-corrected chi connectivity index (χ2v) is 9.85. The molecule has 24 heavy (non-hydrogen) atoms. The van der Waals surface area contributed by atoms with E-state index < -0.39 is 0 Å². The van der Waals surface area contributed by atoms with Crippen molar-refractivity contribution < 1.29 is 0 Å². The van der Waals surface area contributed by atoms with Crippen LogP contribution in [0.2, 0.25) is 0 Å². The van der Waals surface area contributed by atoms with Gasteiger partial charge in [0.15, 0.2) is 0 Å². The highest BCUT2D eigenvalue weighted by molar-refractivity contribution is 5.25. The zero-order valence-electron chi connectivity index (χ0n) is 17.0. The first-order valence-corrected chi connectivity index (χ1v) is 10.9. The smallest absolute Gasteiger partial charge is 0.0184 e. The van der Waals surface area contributed by atoms with Gasteiger partial charge in [0.2, 0.25) is 0 Å². The number of nitrogens with one attached hydrogen (secondary N) is 1. The van der Waals surface area contributed by atoms with Gasteiger partial charge in [-0.25, -0.2) is 0 Å². The summed E-state index contributed by atoms with van der Waals surface area (Å²) in [7, 11) is 0. The van der Waals surface area contributed by atoms with E-state index in [2.05, 4.69) is 46.0 Å². The predicted octanol–water partition coefficient (Wildman–Crippen LogP) is 6.49. The molecule has 1 N–H and O–H groups in total. The van der Waals surface area contributed by atoms with E-state index in [4.69, 9.17) is 0 Å². The minimum Gasteiger partial charge on any atom is -0.309 e. The minimum atomic E-state index is 0.345. The van der Waals surface area contributed by atoms with Crippen LogP contribution in [0.4, 0.5) is 0 Å². The molecule has 2 fully saturated rings. The van der Waals surface area contributed by atoms with E-state index in [-0.39, 0.29) is 0 Å². The van der Waals surface area contributed by atoms with Crippen LogP contribution >= 0.6 is 0 Å². The fraction of sp³-hybridized carbons (Fsp3) is 0.913. The van der Waals surface area contributed by atoms with Crippen molar-refractivity contribution in [1.29, 1.82) is 0 Å². The van der Waals surface area contributed by atoms with Crippen LogP contribution in [0.1, 0.15) is 98.8 Å². The standard InChI is InChI=1S/C23H41N/c1-6-7-10-17(2)24-23(5)16-13-20-19(18(23)3)12-15-22(4)14-9-8-11-21(20)22/h11,17-20,24H,6-10,12-16H2,1-5H3. The van der Waals surface area contributed by atoms with Gasteiger partial charge < -0.3 is 5.32 Å². The number of rotatable bonds is 5. The Morgan fingerprint density at radius 1 is 1.21 bits per heavy atom. The Hall–Kier alpha value is -0.300. The van der Waals surface area contributed by atoms with E-state index in [9.17, 15) is 0 Å². The first kappa shape index (κ1) is 18.5. The molecule has 2 saturated carbocycles. The third-order valence-corrected chi connectivity index (χ3v) is 8.13. The van der Waals surface area contributed by atoms with Crippen LogP contribution in [-0.2, 0) is 0 Å². The van der Waals surface area contributed by atoms with Crippen molar-refractivity contribution >= 4 is 0 Å². The lowest BCUT2D eigenvalue weighted by atomic mass is 9.51. The Labute approximate surface area is 151 Å². The first-order valence-electron chi connectivity index (χ1n) is 10.9. The molecule has 0 aliphatic heterocycles. The largest absolute Gasteiger partial charge is 0.309 e. The van der Waals surface area contributed by atoms with E-state index in [1.54, 1.807) is 0 Å². The predicted molar refractivity (Wildman–Crippen MR) is 105 cm³/mol. The monoisotopic (exact) mass is 331 g/mol. The molecule has 6 atom stereocenters. The summed E-state index contributed by atoms with van der Waals surface area (Å²) in [5, 5.41) is 4.07. The number of hydrogen-bond donors (Lipinski definition) is 1. The maximum Gasteiger partial charge on any atom is 0.0184 e. The summed E-state index contributed by atoms with van der Waals surface area (Å²) in [5.41, 5.74) is 2.77. The van der Waals surface area contributed by atoms with Gasteiger partial charge in [0.1, 0.15) is 0 Å². The molecule has 0 aromatic rings. The molecule has 0 amide bonds. The molecule has 1 heteroatoms. The van der Waals surface area contributed by atoms with Crippen molar-refractivity contribution in [2.24, 2.45) is 23.2 Å². The third-order valence-electron chi connectivity index (χ3n) is 8.13. The second-order valence-electron chi connectivity index (χ2n) is 9.85. The molecule has 138 valence electrons. The van der Waals surface area contributed by atoms with Crippen LogP contribution in [0, 0.1) is 23.2 Å². The third kappa shape index (κ3) is 3.35. The van der Waals surface area contributed by atoms with Gasteiger partial charge >= 0.3 is 0 Å². The van der Waals surface area contributed by atoms with Crippen LogP contribution in [0.15, 0.2) is 11.6 Å². The maximum absolute atomic E-state index is 4.07. The molecule has 0 saturated heterocycles. The van der Waals surface area contributed by atoms with Crippen LogP contribution in [0.25, 0.3) is 0 Å². The van der Waals surface area contributed by atoms with Crippen molar-refractivity contribution in [2.45, 2.75) is 110 Å². The quantitative estimate of drug-likeness (QED) is 0.568. The summed E-state index contributed by atoms with van der Waals surface area (Å²) in [4.78, 5) is 0. The molecule has 0 spiro atoms. The Morgan fingerprint density at radius 2 is 2.00 bits per heavy atom. The summed E-state index contributed by atoms with van der Waals surface area (Å²) >= 11 is 0. The Bertz CT molecular complexity index is 467. The normalized spacial score (nSPS) is 43.5. The number of fused-ring (bicyclic) bond motifs is 3. The van der Waals surface area contributed by atoms with E-state index in [1.807, 2.05) is 5.57 Å². The highest BCUT2D eigenvalue weighted by atomic mass is 15.0. The lowest BCUT2D eigenvalue weighted by molar-refractivity contribution is 0.0217. The number of hydrogen-bond acceptors (Lipinski definition) is 1. The number of unbranched alkanes of at least 4 members (excludes halogenated alkanes) is 1. The summed E-state index contributed by atoms with van der Waals surface area (Å²) in [6.45, 7) is 12.4. The van der Waals surface area contributed by atoms with Gasteiger partial charge in [-0.2, -0.15) is 0 Å². The van der Waals surface area contributed by atoms with Gasteiger partial charge in [-0.1, -0.05) is 45.3 Å². The van der Waals surface area contributed by atoms with Crippen LogP contribution in [0.3, 0.4) is 0 Å². The average molecular weight is 332 g/mol. The Morgan fingerprint density at radius 3 is 2.75 bits per heavy atom. The minimum absolute atomic E-state index is 0.345. The van der Waals surface area contributed by atoms with Gasteiger partial charge in [0.25, 0.3) is 0 Å². The van der Waals surface area contributed by atoms with Gasteiger partial charge in [-0.05, 0) is 88.4 Å². The fourth-order valence-electron chi connectivity index (χ4n) is 6.40. The molecule has 0 radical (unpaired) electrons. The van der Waals surface area contributed by atoms with Gasteiger partial charge in [0, 0.05) is 11.6 Å². The molecule has 3 aliphatic rings. The molecule has 6 unspecified atom stereocenters. The molecule has 0 heterocycles. The zero-order chi connectivity index (χ0) is 17.4. The van der Waals surface area contributed by atoms with Gasteiger partial charge in [-0.3, -0.25) is 0 Å². The molecule has 3 aliphatic carbocycles. The van der Waals surface area contributed by atoms with Crippen LogP contribution < -0.4 is 5.32 Å². The molecular formula is C23H41N. The summed E-state index contributed by atoms with van der Waals surface area (Å²) in [5.74, 6) is 2.60. The van der Waals surface area contributed by atoms with Crippen LogP contribution in [-0.4, -0.2) is 11.6 Å². The summed E-state index contributed by atoms with van der Waals surface area (Å²) in [6, 6.07) is 0.664. The Balaban J connectivity index is 1.72. The lowest BCUT2D eigenvalue weighted by Crippen LogP contribution is -2.58. The van der Waals surface area contributed by atoms with Crippen molar-refractivity contribution in [2.75, 3.05) is 0 Å². The van der Waals surface area contributed by atoms with Crippen LogP contribution in [0.5, 0.6) is 0 Å². The molecule has 0 bridgehead atoms. The van der Waals surface area contributed by atoms with Crippen molar-refractivity contribution in [3.05, 3.63) is 11.6 Å². The molecule has 0 aromatic carbocycles. The molecule has 0 aromatic heterocycles.